The fourth-order valence-electron chi connectivity index (χ4n) is 1.13. The normalized spacial score (nSPS) is 12.7. The van der Waals surface area contributed by atoms with Gasteiger partial charge in [0.05, 0.1) is 11.4 Å². The van der Waals surface area contributed by atoms with Crippen molar-refractivity contribution in [2.45, 2.75) is 31.1 Å². The van der Waals surface area contributed by atoms with Gasteiger partial charge in [0.2, 0.25) is 10.0 Å². The van der Waals surface area contributed by atoms with Gasteiger partial charge in [-0.05, 0) is 19.1 Å². The lowest BCUT2D eigenvalue weighted by molar-refractivity contribution is 0.00343. The number of halogens is 2. The van der Waals surface area contributed by atoms with E-state index in [0.29, 0.717) is 0 Å². The van der Waals surface area contributed by atoms with Gasteiger partial charge in [0.1, 0.15) is 0 Å². The fourth-order valence-corrected chi connectivity index (χ4v) is 2.19. The van der Waals surface area contributed by atoms with Crippen LogP contribution >= 0.6 is 0 Å². The van der Waals surface area contributed by atoms with E-state index < -0.39 is 28.9 Å². The summed E-state index contributed by atoms with van der Waals surface area (Å²) in [6.07, 6.45) is -0.399. The molecule has 0 fully saturated rings. The van der Waals surface area contributed by atoms with Crippen LogP contribution in [0.15, 0.2) is 29.2 Å². The zero-order valence-electron chi connectivity index (χ0n) is 9.70. The molecule has 0 amide bonds. The Kier molecular flexibility index (Phi) is 4.21. The third-order valence-corrected chi connectivity index (χ3v) is 3.79. The molecule has 0 heterocycles. The van der Waals surface area contributed by atoms with E-state index in [4.69, 9.17) is 0 Å². The van der Waals surface area contributed by atoms with Crippen LogP contribution in [0.4, 0.5) is 8.78 Å². The summed E-state index contributed by atoms with van der Waals surface area (Å²) >= 11 is 0. The molecule has 0 saturated heterocycles. The smallest absolute Gasteiger partial charge is 0.207 e. The van der Waals surface area contributed by atoms with Crippen molar-refractivity contribution >= 4 is 10.0 Å². The highest BCUT2D eigenvalue weighted by atomic mass is 32.2. The van der Waals surface area contributed by atoms with E-state index in [1.165, 1.54) is 19.1 Å². The molecule has 0 bridgehead atoms. The first-order valence-electron chi connectivity index (χ1n) is 5.21. The minimum Gasteiger partial charge on any atom is -0.207 e. The SMILES string of the molecule is CCC(F)(F)CNS(=O)(=O)c1ccc(C)cc1. The molecule has 1 aromatic carbocycles. The average molecular weight is 263 g/mol. The minimum atomic E-state index is -3.85. The fraction of sp³-hybridized carbons (Fsp3) is 0.455. The number of alkyl halides is 2. The molecule has 0 saturated carbocycles. The summed E-state index contributed by atoms with van der Waals surface area (Å²) in [5.74, 6) is -3.02. The van der Waals surface area contributed by atoms with Crippen LogP contribution in [0.3, 0.4) is 0 Å². The van der Waals surface area contributed by atoms with Crippen LogP contribution in [0.1, 0.15) is 18.9 Å². The van der Waals surface area contributed by atoms with Gasteiger partial charge in [0, 0.05) is 6.42 Å². The van der Waals surface area contributed by atoms with Crippen molar-refractivity contribution in [3.63, 3.8) is 0 Å². The van der Waals surface area contributed by atoms with E-state index in [9.17, 15) is 17.2 Å². The van der Waals surface area contributed by atoms with E-state index in [1.54, 1.807) is 12.1 Å². The molecule has 0 aliphatic carbocycles. The molecule has 1 aromatic rings. The zero-order chi connectivity index (χ0) is 13.1. The van der Waals surface area contributed by atoms with Gasteiger partial charge in [-0.15, -0.1) is 0 Å². The molecular weight excluding hydrogens is 248 g/mol. The maximum atomic E-state index is 12.9. The maximum Gasteiger partial charge on any atom is 0.261 e. The lowest BCUT2D eigenvalue weighted by atomic mass is 10.2. The highest BCUT2D eigenvalue weighted by Gasteiger charge is 2.28. The summed E-state index contributed by atoms with van der Waals surface area (Å²) in [6.45, 7) is 2.24. The van der Waals surface area contributed by atoms with Gasteiger partial charge >= 0.3 is 0 Å². The Hall–Kier alpha value is -1.01. The summed E-state index contributed by atoms with van der Waals surface area (Å²) in [6, 6.07) is 6.02. The Morgan fingerprint density at radius 2 is 1.76 bits per heavy atom. The van der Waals surface area contributed by atoms with Gasteiger partial charge in [0.15, 0.2) is 0 Å². The second-order valence-corrected chi connectivity index (χ2v) is 5.61. The van der Waals surface area contributed by atoms with Crippen LogP contribution in [0.5, 0.6) is 0 Å². The second kappa shape index (κ2) is 5.10. The third-order valence-electron chi connectivity index (χ3n) is 2.37. The predicted molar refractivity (Wildman–Crippen MR) is 61.6 cm³/mol. The van der Waals surface area contributed by atoms with E-state index in [2.05, 4.69) is 0 Å². The predicted octanol–water partition coefficient (Wildman–Crippen LogP) is 2.32. The topological polar surface area (TPSA) is 46.2 Å². The molecule has 1 rings (SSSR count). The molecule has 6 heteroatoms. The number of hydrogen-bond acceptors (Lipinski definition) is 2. The Labute approximate surface area is 99.9 Å². The van der Waals surface area contributed by atoms with E-state index in [-0.39, 0.29) is 4.90 Å². The standard InChI is InChI=1S/C11H15F2NO2S/c1-3-11(12,13)8-14-17(15,16)10-6-4-9(2)5-7-10/h4-7,14H,3,8H2,1-2H3. The molecule has 0 radical (unpaired) electrons. The van der Waals surface area contributed by atoms with Gasteiger partial charge in [-0.25, -0.2) is 21.9 Å². The molecular formula is C11H15F2NO2S. The van der Waals surface area contributed by atoms with E-state index >= 15 is 0 Å². The number of aryl methyl sites for hydroxylation is 1. The molecule has 3 nitrogen and oxygen atoms in total. The maximum absolute atomic E-state index is 12.9. The summed E-state index contributed by atoms with van der Waals surface area (Å²) < 4.78 is 51.1. The van der Waals surface area contributed by atoms with Crippen molar-refractivity contribution in [2.75, 3.05) is 6.54 Å². The monoisotopic (exact) mass is 263 g/mol. The number of nitrogens with one attached hydrogen (secondary N) is 1. The molecule has 1 N–H and O–H groups in total. The highest BCUT2D eigenvalue weighted by Crippen LogP contribution is 2.17. The number of sulfonamides is 1. The summed E-state index contributed by atoms with van der Waals surface area (Å²) in [4.78, 5) is -0.00463. The van der Waals surface area contributed by atoms with Gasteiger partial charge in [-0.3, -0.25) is 0 Å². The second-order valence-electron chi connectivity index (χ2n) is 3.85. The molecule has 0 unspecified atom stereocenters. The van der Waals surface area contributed by atoms with Crippen LogP contribution in [-0.2, 0) is 10.0 Å². The van der Waals surface area contributed by atoms with Crippen LogP contribution in [-0.4, -0.2) is 20.9 Å². The summed E-state index contributed by atoms with van der Waals surface area (Å²) in [5, 5.41) is 0. The first-order chi connectivity index (χ1) is 7.77. The van der Waals surface area contributed by atoms with Gasteiger partial charge in [-0.1, -0.05) is 24.6 Å². The molecule has 0 atom stereocenters. The zero-order valence-corrected chi connectivity index (χ0v) is 10.5. The minimum absolute atomic E-state index is 0.00463. The molecule has 96 valence electrons. The lowest BCUT2D eigenvalue weighted by Crippen LogP contribution is -2.36. The van der Waals surface area contributed by atoms with E-state index in [0.717, 1.165) is 5.56 Å². The van der Waals surface area contributed by atoms with E-state index in [1.807, 2.05) is 11.6 Å². The van der Waals surface area contributed by atoms with Crippen molar-refractivity contribution in [1.29, 1.82) is 0 Å². The molecule has 0 aromatic heterocycles. The van der Waals surface area contributed by atoms with Gasteiger partial charge < -0.3 is 0 Å². The first kappa shape index (κ1) is 14.1. The van der Waals surface area contributed by atoms with Crippen molar-refractivity contribution < 1.29 is 17.2 Å². The van der Waals surface area contributed by atoms with Crippen molar-refractivity contribution in [3.8, 4) is 0 Å². The summed E-state index contributed by atoms with van der Waals surface area (Å²) in [7, 11) is -3.85. The Balaban J connectivity index is 2.79. The number of hydrogen-bond donors (Lipinski definition) is 1. The molecule has 0 spiro atoms. The largest absolute Gasteiger partial charge is 0.261 e. The number of rotatable bonds is 5. The van der Waals surface area contributed by atoms with Gasteiger partial charge in [-0.2, -0.15) is 0 Å². The van der Waals surface area contributed by atoms with Crippen molar-refractivity contribution in [3.05, 3.63) is 29.8 Å². The lowest BCUT2D eigenvalue weighted by Gasteiger charge is -2.14. The Morgan fingerprint density at radius 1 is 1.24 bits per heavy atom. The quantitative estimate of drug-likeness (QED) is 0.886. The summed E-state index contributed by atoms with van der Waals surface area (Å²) in [5.41, 5.74) is 0.905. The van der Waals surface area contributed by atoms with Crippen LogP contribution < -0.4 is 4.72 Å². The number of benzene rings is 1. The molecule has 0 aliphatic rings. The van der Waals surface area contributed by atoms with Crippen LogP contribution in [0.25, 0.3) is 0 Å². The van der Waals surface area contributed by atoms with Crippen molar-refractivity contribution in [2.24, 2.45) is 0 Å². The Bertz CT molecular complexity index is 469. The van der Waals surface area contributed by atoms with Crippen LogP contribution in [0, 0.1) is 6.92 Å². The first-order valence-corrected chi connectivity index (χ1v) is 6.69. The van der Waals surface area contributed by atoms with Crippen molar-refractivity contribution in [1.82, 2.24) is 4.72 Å². The third kappa shape index (κ3) is 4.05. The average Bonchev–Trinajstić information content (AvgIpc) is 2.27. The highest BCUT2D eigenvalue weighted by molar-refractivity contribution is 7.89. The molecule has 0 aliphatic heterocycles. The van der Waals surface area contributed by atoms with Gasteiger partial charge in [0.25, 0.3) is 5.92 Å². The Morgan fingerprint density at radius 3 is 2.24 bits per heavy atom. The molecule has 17 heavy (non-hydrogen) atoms. The van der Waals surface area contributed by atoms with Crippen LogP contribution in [0.2, 0.25) is 0 Å².